The van der Waals surface area contributed by atoms with Gasteiger partial charge in [0.15, 0.2) is 0 Å². The van der Waals surface area contributed by atoms with Gasteiger partial charge in [-0.1, -0.05) is 6.07 Å². The third kappa shape index (κ3) is 3.07. The highest BCUT2D eigenvalue weighted by Crippen LogP contribution is 2.26. The number of carbonyl (C=O) groups is 2. The Morgan fingerprint density at radius 3 is 2.84 bits per heavy atom. The van der Waals surface area contributed by atoms with Gasteiger partial charge in [0.2, 0.25) is 11.8 Å². The molecule has 1 atom stereocenters. The Labute approximate surface area is 120 Å². The van der Waals surface area contributed by atoms with Crippen molar-refractivity contribution in [2.75, 3.05) is 13.7 Å². The molecule has 1 aromatic rings. The second-order valence-electron chi connectivity index (χ2n) is 4.45. The lowest BCUT2D eigenvalue weighted by atomic mass is 10.1. The molecule has 19 heavy (non-hydrogen) atoms. The number of benzene rings is 1. The summed E-state index contributed by atoms with van der Waals surface area (Å²) in [6.07, 6.45) is 0. The Hall–Kier alpha value is -1.56. The molecular weight excluding hydrogens is 312 g/mol. The number of hydrogen-bond donors (Lipinski definition) is 1. The van der Waals surface area contributed by atoms with E-state index in [4.69, 9.17) is 4.74 Å². The predicted molar refractivity (Wildman–Crippen MR) is 73.7 cm³/mol. The minimum Gasteiger partial charge on any atom is -0.496 e. The van der Waals surface area contributed by atoms with E-state index >= 15 is 0 Å². The van der Waals surface area contributed by atoms with Crippen molar-refractivity contribution < 1.29 is 14.3 Å². The van der Waals surface area contributed by atoms with Gasteiger partial charge in [0, 0.05) is 6.54 Å². The highest BCUT2D eigenvalue weighted by atomic mass is 79.9. The van der Waals surface area contributed by atoms with Gasteiger partial charge in [-0.15, -0.1) is 0 Å². The fourth-order valence-corrected chi connectivity index (χ4v) is 2.62. The molecule has 0 bridgehead atoms. The number of rotatable bonds is 3. The first-order chi connectivity index (χ1) is 9.01. The summed E-state index contributed by atoms with van der Waals surface area (Å²) >= 11 is 3.40. The zero-order valence-electron chi connectivity index (χ0n) is 10.8. The van der Waals surface area contributed by atoms with Crippen molar-refractivity contribution >= 4 is 27.7 Å². The van der Waals surface area contributed by atoms with Crippen LogP contribution in [0, 0.1) is 0 Å². The van der Waals surface area contributed by atoms with Crippen LogP contribution in [-0.4, -0.2) is 36.4 Å². The monoisotopic (exact) mass is 326 g/mol. The number of nitrogens with zero attached hydrogens (tertiary/aromatic N) is 1. The first-order valence-corrected chi connectivity index (χ1v) is 6.71. The largest absolute Gasteiger partial charge is 0.496 e. The van der Waals surface area contributed by atoms with E-state index < -0.39 is 6.04 Å². The van der Waals surface area contributed by atoms with Crippen molar-refractivity contribution in [3.63, 3.8) is 0 Å². The molecule has 1 saturated heterocycles. The maximum atomic E-state index is 12.0. The number of halogens is 1. The van der Waals surface area contributed by atoms with E-state index in [2.05, 4.69) is 21.2 Å². The van der Waals surface area contributed by atoms with Crippen LogP contribution in [0.4, 0.5) is 0 Å². The van der Waals surface area contributed by atoms with Gasteiger partial charge in [0.05, 0.1) is 18.1 Å². The van der Waals surface area contributed by atoms with Crippen LogP contribution in [0.3, 0.4) is 0 Å². The van der Waals surface area contributed by atoms with Crippen molar-refractivity contribution in [2.45, 2.75) is 19.5 Å². The second kappa shape index (κ2) is 5.61. The predicted octanol–water partition coefficient (Wildman–Crippen LogP) is 1.30. The van der Waals surface area contributed by atoms with E-state index in [1.54, 1.807) is 18.9 Å². The number of nitrogens with one attached hydrogen (secondary N) is 1. The van der Waals surface area contributed by atoms with Crippen LogP contribution in [0.15, 0.2) is 22.7 Å². The quantitative estimate of drug-likeness (QED) is 0.911. The number of ether oxygens (including phenoxy) is 1. The van der Waals surface area contributed by atoms with Crippen LogP contribution in [0.5, 0.6) is 5.75 Å². The summed E-state index contributed by atoms with van der Waals surface area (Å²) < 4.78 is 5.98. The third-order valence-corrected chi connectivity index (χ3v) is 3.60. The van der Waals surface area contributed by atoms with Crippen molar-refractivity contribution in [1.29, 1.82) is 0 Å². The molecule has 0 aliphatic carbocycles. The lowest BCUT2D eigenvalue weighted by Gasteiger charge is -2.30. The molecule has 2 amide bonds. The Morgan fingerprint density at radius 2 is 2.21 bits per heavy atom. The minimum atomic E-state index is -0.456. The highest BCUT2D eigenvalue weighted by Gasteiger charge is 2.29. The molecule has 1 aromatic carbocycles. The number of amides is 2. The number of carbonyl (C=O) groups excluding carboxylic acids is 2. The average molecular weight is 327 g/mol. The molecular formula is C13H15BrN2O3. The SMILES string of the molecule is COc1ccc(CN2CC(=O)NC(C)C2=O)cc1Br. The Bertz CT molecular complexity index is 519. The first-order valence-electron chi connectivity index (χ1n) is 5.92. The molecule has 0 saturated carbocycles. The van der Waals surface area contributed by atoms with Gasteiger partial charge in [-0.2, -0.15) is 0 Å². The topological polar surface area (TPSA) is 58.6 Å². The van der Waals surface area contributed by atoms with Crippen molar-refractivity contribution in [1.82, 2.24) is 10.2 Å². The maximum Gasteiger partial charge on any atom is 0.245 e. The zero-order valence-corrected chi connectivity index (χ0v) is 12.4. The van der Waals surface area contributed by atoms with Gasteiger partial charge in [-0.25, -0.2) is 0 Å². The Balaban J connectivity index is 2.14. The van der Waals surface area contributed by atoms with Crippen LogP contribution < -0.4 is 10.1 Å². The maximum absolute atomic E-state index is 12.0. The summed E-state index contributed by atoms with van der Waals surface area (Å²) in [7, 11) is 1.60. The van der Waals surface area contributed by atoms with Gasteiger partial charge in [-0.05, 0) is 40.5 Å². The fraction of sp³-hybridized carbons (Fsp3) is 0.385. The van der Waals surface area contributed by atoms with E-state index in [1.807, 2.05) is 18.2 Å². The summed E-state index contributed by atoms with van der Waals surface area (Å²) in [6.45, 7) is 2.21. The number of piperazine rings is 1. The molecule has 1 N–H and O–H groups in total. The normalized spacial score (nSPS) is 19.3. The Kier molecular flexibility index (Phi) is 4.09. The lowest BCUT2D eigenvalue weighted by molar-refractivity contribution is -0.144. The van der Waals surface area contributed by atoms with Crippen LogP contribution in [-0.2, 0) is 16.1 Å². The van der Waals surface area contributed by atoms with E-state index in [0.29, 0.717) is 6.54 Å². The molecule has 1 unspecified atom stereocenters. The van der Waals surface area contributed by atoms with Gasteiger partial charge in [0.25, 0.3) is 0 Å². The van der Waals surface area contributed by atoms with Gasteiger partial charge in [-0.3, -0.25) is 9.59 Å². The third-order valence-electron chi connectivity index (χ3n) is 2.98. The van der Waals surface area contributed by atoms with Crippen molar-refractivity contribution in [2.24, 2.45) is 0 Å². The molecule has 102 valence electrons. The Morgan fingerprint density at radius 1 is 1.47 bits per heavy atom. The van der Waals surface area contributed by atoms with Gasteiger partial charge in [0.1, 0.15) is 11.8 Å². The van der Waals surface area contributed by atoms with Crippen molar-refractivity contribution in [3.05, 3.63) is 28.2 Å². The first kappa shape index (κ1) is 13.9. The number of methoxy groups -OCH3 is 1. The van der Waals surface area contributed by atoms with E-state index in [9.17, 15) is 9.59 Å². The number of hydrogen-bond acceptors (Lipinski definition) is 3. The highest BCUT2D eigenvalue weighted by molar-refractivity contribution is 9.10. The molecule has 1 fully saturated rings. The van der Waals surface area contributed by atoms with Gasteiger partial charge >= 0.3 is 0 Å². The molecule has 0 radical (unpaired) electrons. The second-order valence-corrected chi connectivity index (χ2v) is 5.31. The molecule has 2 rings (SSSR count). The minimum absolute atomic E-state index is 0.0634. The van der Waals surface area contributed by atoms with Crippen LogP contribution in [0.25, 0.3) is 0 Å². The summed E-state index contributed by atoms with van der Waals surface area (Å²) in [5, 5.41) is 2.61. The molecule has 5 nitrogen and oxygen atoms in total. The van der Waals surface area contributed by atoms with E-state index in [1.165, 1.54) is 0 Å². The van der Waals surface area contributed by atoms with E-state index in [0.717, 1.165) is 15.8 Å². The fourth-order valence-electron chi connectivity index (χ4n) is 2.04. The zero-order chi connectivity index (χ0) is 14.0. The molecule has 1 aliphatic heterocycles. The molecule has 1 aliphatic rings. The van der Waals surface area contributed by atoms with E-state index in [-0.39, 0.29) is 18.4 Å². The molecule has 1 heterocycles. The lowest BCUT2D eigenvalue weighted by Crippen LogP contribution is -2.56. The summed E-state index contributed by atoms with van der Waals surface area (Å²) in [4.78, 5) is 25.0. The standard InChI is InChI=1S/C13H15BrN2O3/c1-8-13(18)16(7-12(17)15-8)6-9-3-4-11(19-2)10(14)5-9/h3-5,8H,6-7H2,1-2H3,(H,15,17). The summed E-state index contributed by atoms with van der Waals surface area (Å²) in [5.74, 6) is 0.547. The summed E-state index contributed by atoms with van der Waals surface area (Å²) in [6, 6.07) is 5.15. The summed E-state index contributed by atoms with van der Waals surface area (Å²) in [5.41, 5.74) is 0.947. The van der Waals surface area contributed by atoms with Crippen LogP contribution in [0.2, 0.25) is 0 Å². The molecule has 6 heteroatoms. The van der Waals surface area contributed by atoms with Crippen molar-refractivity contribution in [3.8, 4) is 5.75 Å². The van der Waals surface area contributed by atoms with Crippen LogP contribution in [0.1, 0.15) is 12.5 Å². The molecule has 0 spiro atoms. The van der Waals surface area contributed by atoms with Crippen LogP contribution >= 0.6 is 15.9 Å². The molecule has 0 aromatic heterocycles. The van der Waals surface area contributed by atoms with Gasteiger partial charge < -0.3 is 15.0 Å². The smallest absolute Gasteiger partial charge is 0.245 e. The average Bonchev–Trinajstić information content (AvgIpc) is 2.35.